The van der Waals surface area contributed by atoms with Gasteiger partial charge in [0.2, 0.25) is 5.91 Å². The number of para-hydroxylation sites is 2. The van der Waals surface area contributed by atoms with E-state index in [1.54, 1.807) is 12.1 Å². The summed E-state index contributed by atoms with van der Waals surface area (Å²) >= 11 is 0. The van der Waals surface area contributed by atoms with Crippen LogP contribution in [0.2, 0.25) is 0 Å². The molecule has 0 unspecified atom stereocenters. The van der Waals surface area contributed by atoms with Crippen LogP contribution in [-0.4, -0.2) is 20.6 Å². The molecule has 6 heteroatoms. The number of nitrogens with one attached hydrogen (secondary N) is 1. The molecule has 4 rings (SSSR count). The Balaban J connectivity index is 1.52. The Morgan fingerprint density at radius 1 is 1.00 bits per heavy atom. The Morgan fingerprint density at radius 3 is 2.47 bits per heavy atom. The van der Waals surface area contributed by atoms with E-state index in [1.165, 1.54) is 12.1 Å². The number of fused-ring (bicyclic) bond motifs is 1. The maximum atomic E-state index is 13.0. The maximum Gasteiger partial charge on any atom is 0.227 e. The molecule has 0 aliphatic heterocycles. The number of hydrogen-bond donors (Lipinski definition) is 2. The van der Waals surface area contributed by atoms with Gasteiger partial charge in [-0.2, -0.15) is 0 Å². The minimum atomic E-state index is -0.718. The SMILES string of the molecule is O=C(Cc1nc2ccccc2n1C[C@H](O)c1ccccc1)NCc1ccc(F)cc1. The highest BCUT2D eigenvalue weighted by atomic mass is 19.1. The number of benzene rings is 3. The van der Waals surface area contributed by atoms with Gasteiger partial charge in [0.25, 0.3) is 0 Å². The number of aromatic nitrogens is 2. The fourth-order valence-corrected chi connectivity index (χ4v) is 3.43. The molecule has 2 N–H and O–H groups in total. The zero-order chi connectivity index (χ0) is 20.9. The molecular formula is C24H22FN3O2. The Morgan fingerprint density at radius 2 is 1.70 bits per heavy atom. The number of hydrogen-bond acceptors (Lipinski definition) is 3. The van der Waals surface area contributed by atoms with Gasteiger partial charge in [0, 0.05) is 6.54 Å². The molecule has 30 heavy (non-hydrogen) atoms. The van der Waals surface area contributed by atoms with Crippen LogP contribution in [0.5, 0.6) is 0 Å². The van der Waals surface area contributed by atoms with Crippen molar-refractivity contribution in [1.82, 2.24) is 14.9 Å². The summed E-state index contributed by atoms with van der Waals surface area (Å²) in [6, 6.07) is 23.1. The smallest absolute Gasteiger partial charge is 0.227 e. The van der Waals surface area contributed by atoms with E-state index in [0.717, 1.165) is 22.2 Å². The second-order valence-electron chi connectivity index (χ2n) is 7.13. The van der Waals surface area contributed by atoms with Crippen molar-refractivity contribution in [2.45, 2.75) is 25.6 Å². The monoisotopic (exact) mass is 403 g/mol. The van der Waals surface area contributed by atoms with Gasteiger partial charge in [0.1, 0.15) is 11.6 Å². The van der Waals surface area contributed by atoms with Crippen LogP contribution in [0.15, 0.2) is 78.9 Å². The molecule has 0 saturated carbocycles. The summed E-state index contributed by atoms with van der Waals surface area (Å²) in [5.41, 5.74) is 3.27. The first-order valence-corrected chi connectivity index (χ1v) is 9.78. The lowest BCUT2D eigenvalue weighted by Gasteiger charge is -2.15. The first-order valence-electron chi connectivity index (χ1n) is 9.78. The lowest BCUT2D eigenvalue weighted by molar-refractivity contribution is -0.120. The summed E-state index contributed by atoms with van der Waals surface area (Å²) in [5, 5.41) is 13.6. The number of halogens is 1. The highest BCUT2D eigenvalue weighted by Gasteiger charge is 2.17. The summed E-state index contributed by atoms with van der Waals surface area (Å²) in [6.45, 7) is 0.608. The summed E-state index contributed by atoms with van der Waals surface area (Å²) < 4.78 is 14.9. The first kappa shape index (κ1) is 19.8. The molecule has 0 spiro atoms. The Bertz CT molecular complexity index is 1140. The third-order valence-electron chi connectivity index (χ3n) is 5.00. The van der Waals surface area contributed by atoms with Crippen molar-refractivity contribution in [3.63, 3.8) is 0 Å². The van der Waals surface area contributed by atoms with Crippen molar-refractivity contribution in [2.75, 3.05) is 0 Å². The fourth-order valence-electron chi connectivity index (χ4n) is 3.43. The molecule has 4 aromatic rings. The highest BCUT2D eigenvalue weighted by molar-refractivity contribution is 5.81. The number of carbonyl (C=O) groups is 1. The molecule has 0 aliphatic rings. The number of aliphatic hydroxyl groups is 1. The molecule has 152 valence electrons. The molecule has 0 fully saturated rings. The van der Waals surface area contributed by atoms with E-state index >= 15 is 0 Å². The maximum absolute atomic E-state index is 13.0. The van der Waals surface area contributed by atoms with Gasteiger partial charge in [0.05, 0.1) is 30.1 Å². The number of imidazole rings is 1. The molecule has 0 aliphatic carbocycles. The van der Waals surface area contributed by atoms with Gasteiger partial charge in [-0.1, -0.05) is 54.6 Å². The number of carbonyl (C=O) groups excluding carboxylic acids is 1. The first-order chi connectivity index (χ1) is 14.6. The highest BCUT2D eigenvalue weighted by Crippen LogP contribution is 2.22. The molecule has 1 amide bonds. The van der Waals surface area contributed by atoms with Gasteiger partial charge in [-0.05, 0) is 35.4 Å². The average molecular weight is 403 g/mol. The van der Waals surface area contributed by atoms with Crippen molar-refractivity contribution in [3.05, 3.63) is 102 Å². The van der Waals surface area contributed by atoms with Crippen molar-refractivity contribution < 1.29 is 14.3 Å². The van der Waals surface area contributed by atoms with Gasteiger partial charge >= 0.3 is 0 Å². The largest absolute Gasteiger partial charge is 0.387 e. The Hall–Kier alpha value is -3.51. The Kier molecular flexibility index (Phi) is 5.86. The van der Waals surface area contributed by atoms with E-state index < -0.39 is 6.10 Å². The van der Waals surface area contributed by atoms with Crippen molar-refractivity contribution in [3.8, 4) is 0 Å². The van der Waals surface area contributed by atoms with Crippen LogP contribution in [0.25, 0.3) is 11.0 Å². The van der Waals surface area contributed by atoms with E-state index in [9.17, 15) is 14.3 Å². The fraction of sp³-hybridized carbons (Fsp3) is 0.167. The second-order valence-corrected chi connectivity index (χ2v) is 7.13. The van der Waals surface area contributed by atoms with Crippen LogP contribution in [0.4, 0.5) is 4.39 Å². The standard InChI is InChI=1S/C24H22FN3O2/c25-19-12-10-17(11-13-19)15-26-24(30)14-23-27-20-8-4-5-9-21(20)28(23)16-22(29)18-6-2-1-3-7-18/h1-13,22,29H,14-16H2,(H,26,30)/t22-/m0/s1. The minimum absolute atomic E-state index is 0.0807. The number of amides is 1. The van der Waals surface area contributed by atoms with Crippen LogP contribution in [0, 0.1) is 5.82 Å². The van der Waals surface area contributed by atoms with Crippen LogP contribution in [0.3, 0.4) is 0 Å². The molecule has 0 radical (unpaired) electrons. The van der Waals surface area contributed by atoms with Crippen LogP contribution < -0.4 is 5.32 Å². The molecular weight excluding hydrogens is 381 g/mol. The molecule has 3 aromatic carbocycles. The van der Waals surface area contributed by atoms with Gasteiger partial charge < -0.3 is 15.0 Å². The van der Waals surface area contributed by atoms with E-state index in [4.69, 9.17) is 0 Å². The summed E-state index contributed by atoms with van der Waals surface area (Å²) in [6.07, 6.45) is -0.637. The summed E-state index contributed by atoms with van der Waals surface area (Å²) in [7, 11) is 0. The van der Waals surface area contributed by atoms with E-state index in [1.807, 2.05) is 59.2 Å². The molecule has 0 bridgehead atoms. The predicted molar refractivity (Wildman–Crippen MR) is 113 cm³/mol. The second kappa shape index (κ2) is 8.88. The van der Waals surface area contributed by atoms with E-state index in [-0.39, 0.29) is 18.1 Å². The molecule has 1 atom stereocenters. The predicted octanol–water partition coefficient (Wildman–Crippen LogP) is 3.77. The van der Waals surface area contributed by atoms with Gasteiger partial charge in [0.15, 0.2) is 0 Å². The van der Waals surface area contributed by atoms with Crippen molar-refractivity contribution in [1.29, 1.82) is 0 Å². The molecule has 1 aromatic heterocycles. The third-order valence-corrected chi connectivity index (χ3v) is 5.00. The van der Waals surface area contributed by atoms with Crippen LogP contribution >= 0.6 is 0 Å². The van der Waals surface area contributed by atoms with Crippen LogP contribution in [0.1, 0.15) is 23.1 Å². The van der Waals surface area contributed by atoms with E-state index in [2.05, 4.69) is 10.3 Å². The average Bonchev–Trinajstić information content (AvgIpc) is 3.11. The molecule has 0 saturated heterocycles. The molecule has 5 nitrogen and oxygen atoms in total. The van der Waals surface area contributed by atoms with Gasteiger partial charge in [-0.15, -0.1) is 0 Å². The number of aliphatic hydroxyl groups excluding tert-OH is 1. The third kappa shape index (κ3) is 4.55. The summed E-state index contributed by atoms with van der Waals surface area (Å²) in [5.74, 6) is 0.0867. The van der Waals surface area contributed by atoms with Crippen molar-refractivity contribution in [2.24, 2.45) is 0 Å². The lowest BCUT2D eigenvalue weighted by atomic mass is 10.1. The zero-order valence-corrected chi connectivity index (χ0v) is 16.3. The van der Waals surface area contributed by atoms with Crippen molar-refractivity contribution >= 4 is 16.9 Å². The van der Waals surface area contributed by atoms with E-state index in [0.29, 0.717) is 18.9 Å². The normalized spacial score (nSPS) is 12.1. The van der Waals surface area contributed by atoms with Gasteiger partial charge in [-0.3, -0.25) is 4.79 Å². The Labute approximate surface area is 173 Å². The number of rotatable bonds is 7. The quantitative estimate of drug-likeness (QED) is 0.494. The van der Waals surface area contributed by atoms with Crippen LogP contribution in [-0.2, 0) is 24.3 Å². The minimum Gasteiger partial charge on any atom is -0.387 e. The lowest BCUT2D eigenvalue weighted by Crippen LogP contribution is -2.26. The zero-order valence-electron chi connectivity index (χ0n) is 16.3. The summed E-state index contributed by atoms with van der Waals surface area (Å²) in [4.78, 5) is 17.1. The number of nitrogens with zero attached hydrogens (tertiary/aromatic N) is 2. The topological polar surface area (TPSA) is 67.2 Å². The molecule has 1 heterocycles. The van der Waals surface area contributed by atoms with Gasteiger partial charge in [-0.25, -0.2) is 9.37 Å².